The zero-order valence-corrected chi connectivity index (χ0v) is 20.2. The van der Waals surface area contributed by atoms with Crippen LogP contribution in [-0.4, -0.2) is 60.2 Å². The van der Waals surface area contributed by atoms with Gasteiger partial charge in [0.2, 0.25) is 0 Å². The molecule has 34 heavy (non-hydrogen) atoms. The fourth-order valence-electron chi connectivity index (χ4n) is 4.35. The van der Waals surface area contributed by atoms with Gasteiger partial charge >= 0.3 is 0 Å². The van der Waals surface area contributed by atoms with E-state index in [0.29, 0.717) is 11.9 Å². The van der Waals surface area contributed by atoms with Crippen molar-refractivity contribution in [3.8, 4) is 21.9 Å². The first kappa shape index (κ1) is 22.6. The summed E-state index contributed by atoms with van der Waals surface area (Å²) in [6.45, 7) is 5.28. The minimum Gasteiger partial charge on any atom is -0.493 e. The first-order valence-electron chi connectivity index (χ1n) is 11.4. The van der Waals surface area contributed by atoms with Crippen molar-refractivity contribution in [2.24, 2.45) is 0 Å². The molecule has 0 atom stereocenters. The maximum absolute atomic E-state index is 12.7. The normalized spacial score (nSPS) is 15.0. The zero-order valence-electron chi connectivity index (χ0n) is 19.4. The molecule has 2 aromatic carbocycles. The topological polar surface area (TPSA) is 70.7 Å². The van der Waals surface area contributed by atoms with Gasteiger partial charge in [0.05, 0.1) is 26.2 Å². The van der Waals surface area contributed by atoms with E-state index in [1.165, 1.54) is 5.56 Å². The molecule has 0 radical (unpaired) electrons. The second kappa shape index (κ2) is 9.97. The molecule has 0 aliphatic carbocycles. The number of nitrogens with one attached hydrogen (secondary N) is 1. The van der Waals surface area contributed by atoms with E-state index in [-0.39, 0.29) is 5.56 Å². The van der Waals surface area contributed by atoms with Crippen molar-refractivity contribution in [1.29, 1.82) is 0 Å². The van der Waals surface area contributed by atoms with Crippen molar-refractivity contribution >= 4 is 21.6 Å². The van der Waals surface area contributed by atoms with Crippen LogP contribution in [0.25, 0.3) is 20.7 Å². The van der Waals surface area contributed by atoms with Crippen molar-refractivity contribution < 1.29 is 9.47 Å². The molecule has 1 aliphatic heterocycles. The van der Waals surface area contributed by atoms with Crippen LogP contribution in [-0.2, 0) is 13.1 Å². The number of H-pyrrole nitrogens is 1. The summed E-state index contributed by atoms with van der Waals surface area (Å²) in [5, 5.41) is 0.660. The highest BCUT2D eigenvalue weighted by Gasteiger charge is 2.19. The van der Waals surface area contributed by atoms with Gasteiger partial charge in [0.1, 0.15) is 10.7 Å². The first-order chi connectivity index (χ1) is 16.6. The van der Waals surface area contributed by atoms with Crippen LogP contribution in [0, 0.1) is 0 Å². The van der Waals surface area contributed by atoms with E-state index < -0.39 is 0 Å². The van der Waals surface area contributed by atoms with Crippen molar-refractivity contribution in [2.45, 2.75) is 13.1 Å². The number of nitrogens with zero attached hydrogens (tertiary/aromatic N) is 3. The average molecular weight is 477 g/mol. The van der Waals surface area contributed by atoms with Crippen molar-refractivity contribution in [2.75, 3.05) is 40.4 Å². The van der Waals surface area contributed by atoms with E-state index in [1.807, 2.05) is 36.4 Å². The van der Waals surface area contributed by atoms with Crippen LogP contribution in [0.5, 0.6) is 11.5 Å². The summed E-state index contributed by atoms with van der Waals surface area (Å²) in [7, 11) is 3.31. The molecule has 0 amide bonds. The minimum atomic E-state index is -0.0643. The van der Waals surface area contributed by atoms with Gasteiger partial charge in [0, 0.05) is 37.6 Å². The van der Waals surface area contributed by atoms with Crippen LogP contribution >= 0.6 is 11.3 Å². The Labute approximate surface area is 202 Å². The number of methoxy groups -OCH3 is 2. The number of hydrogen-bond acceptors (Lipinski definition) is 7. The van der Waals surface area contributed by atoms with Crippen molar-refractivity contribution in [1.82, 2.24) is 19.8 Å². The molecule has 4 aromatic rings. The molecule has 3 heterocycles. The molecular formula is C26H28N4O3S. The van der Waals surface area contributed by atoms with E-state index >= 15 is 0 Å². The Morgan fingerprint density at radius 3 is 2.32 bits per heavy atom. The first-order valence-corrected chi connectivity index (χ1v) is 12.2. The molecule has 5 rings (SSSR count). The van der Waals surface area contributed by atoms with Gasteiger partial charge in [-0.1, -0.05) is 36.4 Å². The van der Waals surface area contributed by atoms with Crippen LogP contribution in [0.2, 0.25) is 0 Å². The standard InChI is InChI=1S/C26H28N4O3S/c1-32-21-9-8-18(14-22(21)33-2)16-29-10-12-30(13-11-29)17-24-27-25(31)20-15-23(34-26(20)28-24)19-6-4-3-5-7-19/h3-9,14-15H,10-13,16-17H2,1-2H3,(H,27,28,31). The Hall–Kier alpha value is -3.20. The van der Waals surface area contributed by atoms with Gasteiger partial charge in [-0.15, -0.1) is 11.3 Å². The average Bonchev–Trinajstić information content (AvgIpc) is 3.31. The quantitative estimate of drug-likeness (QED) is 0.435. The molecule has 0 bridgehead atoms. The molecule has 0 saturated carbocycles. The molecule has 8 heteroatoms. The second-order valence-electron chi connectivity index (χ2n) is 8.45. The molecule has 0 spiro atoms. The fraction of sp³-hybridized carbons (Fsp3) is 0.308. The number of fused-ring (bicyclic) bond motifs is 1. The van der Waals surface area contributed by atoms with E-state index in [1.54, 1.807) is 25.6 Å². The summed E-state index contributed by atoms with van der Waals surface area (Å²) in [4.78, 5) is 27.1. The largest absolute Gasteiger partial charge is 0.493 e. The molecule has 0 unspecified atom stereocenters. The number of hydrogen-bond donors (Lipinski definition) is 1. The molecule has 1 saturated heterocycles. The van der Waals surface area contributed by atoms with E-state index in [9.17, 15) is 4.79 Å². The lowest BCUT2D eigenvalue weighted by Crippen LogP contribution is -2.45. The van der Waals surface area contributed by atoms with E-state index in [4.69, 9.17) is 14.5 Å². The third-order valence-electron chi connectivity index (χ3n) is 6.20. The van der Waals surface area contributed by atoms with Gasteiger partial charge in [-0.25, -0.2) is 4.98 Å². The summed E-state index contributed by atoms with van der Waals surface area (Å²) in [6, 6.07) is 18.1. The van der Waals surface area contributed by atoms with Crippen molar-refractivity contribution in [3.63, 3.8) is 0 Å². The third kappa shape index (κ3) is 4.84. The summed E-state index contributed by atoms with van der Waals surface area (Å²) < 4.78 is 10.8. The molecule has 1 N–H and O–H groups in total. The number of ether oxygens (including phenoxy) is 2. The van der Waals surface area contributed by atoms with Crippen LogP contribution in [0.1, 0.15) is 11.4 Å². The molecule has 1 fully saturated rings. The Morgan fingerprint density at radius 2 is 1.62 bits per heavy atom. The minimum absolute atomic E-state index is 0.0643. The van der Waals surface area contributed by atoms with E-state index in [2.05, 4.69) is 33.0 Å². The fourth-order valence-corrected chi connectivity index (χ4v) is 5.41. The highest BCUT2D eigenvalue weighted by molar-refractivity contribution is 7.21. The second-order valence-corrected chi connectivity index (χ2v) is 9.48. The maximum atomic E-state index is 12.7. The van der Waals surface area contributed by atoms with Gasteiger partial charge in [-0.2, -0.15) is 0 Å². The summed E-state index contributed by atoms with van der Waals surface area (Å²) in [5.41, 5.74) is 2.25. The summed E-state index contributed by atoms with van der Waals surface area (Å²) in [6.07, 6.45) is 0. The van der Waals surface area contributed by atoms with Gasteiger partial charge in [0.25, 0.3) is 5.56 Å². The lowest BCUT2D eigenvalue weighted by Gasteiger charge is -2.34. The maximum Gasteiger partial charge on any atom is 0.259 e. The Bertz CT molecular complexity index is 1330. The third-order valence-corrected chi connectivity index (χ3v) is 7.28. The number of rotatable bonds is 7. The number of thiophene rings is 1. The SMILES string of the molecule is COc1ccc(CN2CCN(Cc3nc4sc(-c5ccccc5)cc4c(=O)[nH]3)CC2)cc1OC. The lowest BCUT2D eigenvalue weighted by molar-refractivity contribution is 0.120. The molecule has 176 valence electrons. The van der Waals surface area contributed by atoms with Crippen molar-refractivity contribution in [3.05, 3.63) is 76.3 Å². The van der Waals surface area contributed by atoms with E-state index in [0.717, 1.165) is 65.3 Å². The highest BCUT2D eigenvalue weighted by atomic mass is 32.1. The van der Waals surface area contributed by atoms with Crippen LogP contribution in [0.3, 0.4) is 0 Å². The predicted molar refractivity (Wildman–Crippen MR) is 136 cm³/mol. The number of benzene rings is 2. The van der Waals surface area contributed by atoms with Crippen LogP contribution in [0.15, 0.2) is 59.4 Å². The number of piperazine rings is 1. The Morgan fingerprint density at radius 1 is 0.912 bits per heavy atom. The van der Waals surface area contributed by atoms with Crippen LogP contribution in [0.4, 0.5) is 0 Å². The molecular weight excluding hydrogens is 448 g/mol. The lowest BCUT2D eigenvalue weighted by atomic mass is 10.1. The molecule has 1 aliphatic rings. The highest BCUT2D eigenvalue weighted by Crippen LogP contribution is 2.31. The summed E-state index contributed by atoms with van der Waals surface area (Å²) in [5.74, 6) is 2.23. The van der Waals surface area contributed by atoms with Gasteiger partial charge in [-0.3, -0.25) is 14.6 Å². The Kier molecular flexibility index (Phi) is 6.62. The number of aromatic amines is 1. The van der Waals surface area contributed by atoms with Gasteiger partial charge in [0.15, 0.2) is 11.5 Å². The molecule has 7 nitrogen and oxygen atoms in total. The summed E-state index contributed by atoms with van der Waals surface area (Å²) >= 11 is 1.57. The van der Waals surface area contributed by atoms with Gasteiger partial charge < -0.3 is 14.5 Å². The predicted octanol–water partition coefficient (Wildman–Crippen LogP) is 3.99. The number of aromatic nitrogens is 2. The zero-order chi connectivity index (χ0) is 23.5. The monoisotopic (exact) mass is 476 g/mol. The van der Waals surface area contributed by atoms with Gasteiger partial charge in [-0.05, 0) is 29.3 Å². The Balaban J connectivity index is 1.22. The smallest absolute Gasteiger partial charge is 0.259 e. The molecule has 2 aromatic heterocycles. The van der Waals surface area contributed by atoms with Crippen LogP contribution < -0.4 is 15.0 Å².